The third-order valence-corrected chi connectivity index (χ3v) is 0.895. The van der Waals surface area contributed by atoms with Gasteiger partial charge in [0.15, 0.2) is 0 Å². The summed E-state index contributed by atoms with van der Waals surface area (Å²) in [6.07, 6.45) is 3.68. The van der Waals surface area contributed by atoms with Gasteiger partial charge in [0.1, 0.15) is 0 Å². The number of aliphatic carboxylic acids is 2. The fourth-order valence-corrected chi connectivity index (χ4v) is 0.412. The first-order valence-electron chi connectivity index (χ1n) is 2.85. The number of hydrogen-bond donors (Lipinski definition) is 0. The average molecular weight is 232 g/mol. The predicted octanol–water partition coefficient (Wildman–Crippen LogP) is -8.00. The summed E-state index contributed by atoms with van der Waals surface area (Å²) in [5.41, 5.74) is -0.858. The maximum absolute atomic E-state index is 10.0. The largest absolute Gasteiger partial charge is 1.00 e. The van der Waals surface area contributed by atoms with Gasteiger partial charge in [-0.05, 0) is 6.92 Å². The van der Waals surface area contributed by atoms with Crippen LogP contribution in [0.2, 0.25) is 0 Å². The van der Waals surface area contributed by atoms with Crippen molar-refractivity contribution in [3.8, 4) is 0 Å². The molecule has 0 fully saturated rings. The second-order valence-corrected chi connectivity index (χ2v) is 1.68. The quantitative estimate of drug-likeness (QED) is 0.159. The molecular weight excluding hydrogens is 226 g/mol. The number of hydrogen-bond acceptors (Lipinski definition) is 4. The van der Waals surface area contributed by atoms with Crippen molar-refractivity contribution in [2.24, 2.45) is 0 Å². The molecule has 0 rings (SSSR count). The molecule has 0 aliphatic carbocycles. The zero-order valence-corrected chi connectivity index (χ0v) is 14.1. The summed E-state index contributed by atoms with van der Waals surface area (Å²) >= 11 is 0. The van der Waals surface area contributed by atoms with Crippen LogP contribution in [0.5, 0.6) is 0 Å². The minimum Gasteiger partial charge on any atom is -0.545 e. The third-order valence-electron chi connectivity index (χ3n) is 0.895. The molecule has 0 atom stereocenters. The molecule has 0 N–H and O–H groups in total. The molecule has 0 aromatic carbocycles. The van der Waals surface area contributed by atoms with E-state index in [1.54, 1.807) is 6.92 Å². The standard InChI is InChI=1S/C7H8O4.2K/c1-2-3-4-5(6(8)9)7(10)11;;/h2-4H,1H3,(H,8,9)(H,10,11);;/q;2*+1/p-2. The van der Waals surface area contributed by atoms with E-state index in [2.05, 4.69) is 0 Å². The van der Waals surface area contributed by atoms with Crippen LogP contribution in [0.15, 0.2) is 23.8 Å². The van der Waals surface area contributed by atoms with E-state index in [0.29, 0.717) is 0 Å². The van der Waals surface area contributed by atoms with Crippen LogP contribution in [-0.2, 0) is 9.59 Å². The number of carbonyl (C=O) groups is 2. The van der Waals surface area contributed by atoms with Crippen molar-refractivity contribution >= 4 is 11.9 Å². The number of carboxylic acids is 2. The summed E-state index contributed by atoms with van der Waals surface area (Å²) in [5.74, 6) is -3.49. The Morgan fingerprint density at radius 2 is 1.46 bits per heavy atom. The Morgan fingerprint density at radius 1 is 1.08 bits per heavy atom. The average Bonchev–Trinajstić information content (AvgIpc) is 1.87. The zero-order chi connectivity index (χ0) is 8.85. The van der Waals surface area contributed by atoms with Gasteiger partial charge in [-0.1, -0.05) is 18.2 Å². The normalized spacial score (nSPS) is 8.08. The molecule has 0 aromatic rings. The van der Waals surface area contributed by atoms with Gasteiger partial charge >= 0.3 is 103 Å². The van der Waals surface area contributed by atoms with Gasteiger partial charge in [0.05, 0.1) is 11.9 Å². The van der Waals surface area contributed by atoms with Gasteiger partial charge in [0.25, 0.3) is 0 Å². The molecule has 0 spiro atoms. The summed E-state index contributed by atoms with van der Waals surface area (Å²) < 4.78 is 0. The van der Waals surface area contributed by atoms with E-state index < -0.39 is 17.5 Å². The molecule has 0 amide bonds. The maximum Gasteiger partial charge on any atom is 1.00 e. The minimum absolute atomic E-state index is 0. The first-order chi connectivity index (χ1) is 5.09. The Balaban J connectivity index is -0.000000500. The van der Waals surface area contributed by atoms with Crippen molar-refractivity contribution in [2.75, 3.05) is 0 Å². The van der Waals surface area contributed by atoms with Gasteiger partial charge in [-0.3, -0.25) is 0 Å². The maximum atomic E-state index is 10.0. The van der Waals surface area contributed by atoms with Gasteiger partial charge in [0, 0.05) is 5.57 Å². The van der Waals surface area contributed by atoms with Gasteiger partial charge in [-0.25, -0.2) is 0 Å². The molecule has 0 saturated carbocycles. The first kappa shape index (κ1) is 20.1. The Morgan fingerprint density at radius 3 is 1.69 bits per heavy atom. The van der Waals surface area contributed by atoms with E-state index in [1.165, 1.54) is 12.2 Å². The first-order valence-corrected chi connectivity index (χ1v) is 2.85. The van der Waals surface area contributed by atoms with Crippen molar-refractivity contribution in [2.45, 2.75) is 6.92 Å². The van der Waals surface area contributed by atoms with Crippen molar-refractivity contribution in [1.82, 2.24) is 0 Å². The zero-order valence-electron chi connectivity index (χ0n) is 7.87. The molecule has 0 saturated heterocycles. The summed E-state index contributed by atoms with van der Waals surface area (Å²) in [6.45, 7) is 1.62. The monoisotopic (exact) mass is 232 g/mol. The van der Waals surface area contributed by atoms with E-state index >= 15 is 0 Å². The predicted molar refractivity (Wildman–Crippen MR) is 32.9 cm³/mol. The molecular formula is C7H6K2O4. The second-order valence-electron chi connectivity index (χ2n) is 1.68. The molecule has 60 valence electrons. The fraction of sp³-hybridized carbons (Fsp3) is 0.143. The Bertz CT molecular complexity index is 217. The Hall–Kier alpha value is 1.69. The number of allylic oxidation sites excluding steroid dienone is 3. The summed E-state index contributed by atoms with van der Waals surface area (Å²) in [4.78, 5) is 20.0. The molecule has 0 aromatic heterocycles. The van der Waals surface area contributed by atoms with Crippen LogP contribution in [0.1, 0.15) is 6.92 Å². The minimum atomic E-state index is -1.75. The van der Waals surface area contributed by atoms with Crippen molar-refractivity contribution in [3.63, 3.8) is 0 Å². The summed E-state index contributed by atoms with van der Waals surface area (Å²) in [7, 11) is 0. The molecule has 13 heavy (non-hydrogen) atoms. The second kappa shape index (κ2) is 11.8. The molecule has 0 radical (unpaired) electrons. The molecule has 0 heterocycles. The van der Waals surface area contributed by atoms with Gasteiger partial charge < -0.3 is 19.8 Å². The summed E-state index contributed by atoms with van der Waals surface area (Å²) in [6, 6.07) is 0. The topological polar surface area (TPSA) is 80.3 Å². The Kier molecular flexibility index (Phi) is 18.2. The van der Waals surface area contributed by atoms with Crippen LogP contribution in [0.4, 0.5) is 0 Å². The van der Waals surface area contributed by atoms with Gasteiger partial charge in [-0.2, -0.15) is 0 Å². The van der Waals surface area contributed by atoms with Crippen LogP contribution in [0.3, 0.4) is 0 Å². The molecule has 0 aliphatic rings. The molecule has 0 bridgehead atoms. The van der Waals surface area contributed by atoms with Crippen LogP contribution in [0.25, 0.3) is 0 Å². The van der Waals surface area contributed by atoms with Gasteiger partial charge in [0.2, 0.25) is 0 Å². The molecule has 0 aliphatic heterocycles. The molecule has 6 heteroatoms. The van der Waals surface area contributed by atoms with Crippen LogP contribution in [-0.4, -0.2) is 11.9 Å². The van der Waals surface area contributed by atoms with Crippen LogP contribution in [0, 0.1) is 0 Å². The number of carbonyl (C=O) groups excluding carboxylic acids is 2. The van der Waals surface area contributed by atoms with E-state index in [4.69, 9.17) is 0 Å². The molecule has 0 unspecified atom stereocenters. The SMILES string of the molecule is CC=CC=C(C(=O)[O-])C(=O)[O-].[K+].[K+]. The van der Waals surface area contributed by atoms with E-state index in [1.807, 2.05) is 0 Å². The Labute approximate surface area is 161 Å². The fourth-order valence-electron chi connectivity index (χ4n) is 0.412. The smallest absolute Gasteiger partial charge is 0.545 e. The molecule has 4 nitrogen and oxygen atoms in total. The van der Waals surface area contributed by atoms with E-state index in [0.717, 1.165) is 6.08 Å². The van der Waals surface area contributed by atoms with E-state index in [-0.39, 0.29) is 103 Å². The van der Waals surface area contributed by atoms with Crippen molar-refractivity contribution < 1.29 is 123 Å². The third kappa shape index (κ3) is 9.98. The van der Waals surface area contributed by atoms with Crippen molar-refractivity contribution in [3.05, 3.63) is 23.8 Å². The number of rotatable bonds is 3. The van der Waals surface area contributed by atoms with E-state index in [9.17, 15) is 19.8 Å². The van der Waals surface area contributed by atoms with Crippen LogP contribution < -0.4 is 113 Å². The van der Waals surface area contributed by atoms with Gasteiger partial charge in [-0.15, -0.1) is 0 Å². The van der Waals surface area contributed by atoms with Crippen LogP contribution >= 0.6 is 0 Å². The number of carboxylic acid groups (broad SMARTS) is 2. The summed E-state index contributed by atoms with van der Waals surface area (Å²) in [5, 5.41) is 20.0. The van der Waals surface area contributed by atoms with Crippen molar-refractivity contribution in [1.29, 1.82) is 0 Å².